The lowest BCUT2D eigenvalue weighted by molar-refractivity contribution is 0.0696. The van der Waals surface area contributed by atoms with Crippen molar-refractivity contribution in [3.05, 3.63) is 123 Å². The van der Waals surface area contributed by atoms with E-state index in [2.05, 4.69) is 53.2 Å². The Morgan fingerprint density at radius 2 is 1.77 bits per heavy atom. The highest BCUT2D eigenvalue weighted by atomic mass is 32.1. The number of nitrogens with zero attached hydrogens (tertiary/aromatic N) is 1. The van der Waals surface area contributed by atoms with Gasteiger partial charge in [0, 0.05) is 18.4 Å². The van der Waals surface area contributed by atoms with Crippen LogP contribution in [0.15, 0.2) is 89.6 Å². The number of carbonyl (C=O) groups is 2. The van der Waals surface area contributed by atoms with Crippen molar-refractivity contribution >= 4 is 55.6 Å². The summed E-state index contributed by atoms with van der Waals surface area (Å²) < 4.78 is 5.78. The van der Waals surface area contributed by atoms with E-state index in [0.29, 0.717) is 18.5 Å². The summed E-state index contributed by atoms with van der Waals surface area (Å²) in [5.74, 6) is -1.15. The van der Waals surface area contributed by atoms with Crippen LogP contribution in [0.3, 0.4) is 0 Å². The minimum Gasteiger partial charge on any atom is -0.478 e. The molecule has 6 aromatic rings. The van der Waals surface area contributed by atoms with E-state index in [-0.39, 0.29) is 11.5 Å². The molecule has 0 aliphatic carbocycles. The van der Waals surface area contributed by atoms with E-state index in [0.717, 1.165) is 43.6 Å². The summed E-state index contributed by atoms with van der Waals surface area (Å²) in [5, 5.41) is 19.7. The first-order chi connectivity index (χ1) is 19.0. The Labute approximate surface area is 233 Å². The Hall–Kier alpha value is -4.33. The molecule has 2 heterocycles. The lowest BCUT2D eigenvalue weighted by atomic mass is 9.97. The minimum absolute atomic E-state index is 0.182. The third-order valence-corrected chi connectivity index (χ3v) is 8.47. The number of benzene rings is 4. The largest absolute Gasteiger partial charge is 0.478 e. The second-order valence-corrected chi connectivity index (χ2v) is 11.1. The van der Waals surface area contributed by atoms with Crippen molar-refractivity contribution in [1.29, 1.82) is 0 Å². The van der Waals surface area contributed by atoms with E-state index in [4.69, 9.17) is 4.37 Å². The zero-order chi connectivity index (χ0) is 26.9. The molecule has 1 amide bonds. The molecule has 0 spiro atoms. The first kappa shape index (κ1) is 25.0. The highest BCUT2D eigenvalue weighted by molar-refractivity contribution is 7.13. The van der Waals surface area contributed by atoms with Crippen LogP contribution in [-0.4, -0.2) is 21.4 Å². The van der Waals surface area contributed by atoms with E-state index in [1.165, 1.54) is 22.3 Å². The number of carbonyl (C=O) groups excluding carboxylic acids is 1. The number of aryl methyl sites for hydroxylation is 1. The number of hydrogen-bond acceptors (Lipinski definition) is 5. The maximum Gasteiger partial charge on any atom is 0.335 e. The highest BCUT2D eigenvalue weighted by Gasteiger charge is 2.19. The third-order valence-electron chi connectivity index (χ3n) is 6.96. The van der Waals surface area contributed by atoms with Crippen LogP contribution in [0.4, 0.5) is 0 Å². The number of thiophene rings is 1. The number of amides is 1. The van der Waals surface area contributed by atoms with Gasteiger partial charge in [-0.1, -0.05) is 48.5 Å². The smallest absolute Gasteiger partial charge is 0.335 e. The minimum atomic E-state index is -0.967. The summed E-state index contributed by atoms with van der Waals surface area (Å²) in [4.78, 5) is 25.0. The van der Waals surface area contributed by atoms with E-state index < -0.39 is 5.97 Å². The van der Waals surface area contributed by atoms with Gasteiger partial charge in [-0.15, -0.1) is 0 Å². The molecule has 0 aliphatic rings. The molecule has 2 aromatic heterocycles. The molecule has 0 saturated heterocycles. The van der Waals surface area contributed by atoms with Crippen LogP contribution in [0.2, 0.25) is 0 Å². The fraction of sp³-hybridized carbons (Fsp3) is 0.0938. The van der Waals surface area contributed by atoms with Gasteiger partial charge in [-0.2, -0.15) is 15.7 Å². The fourth-order valence-corrected chi connectivity index (χ4v) is 6.40. The standard InChI is InChI=1S/C32H24N2O3S2/c1-19-12-23(32(36)37)8-9-24(19)17-33-31(35)27-15-26(25-10-11-38-18-25)16-29-30(27)28(34-39-29)14-20-6-7-21-4-2-3-5-22(21)13-20/h2-13,15-16,18H,14,17H2,1H3,(H,33,35)(H,36,37). The number of fused-ring (bicyclic) bond motifs is 2. The van der Waals surface area contributed by atoms with Crippen LogP contribution in [0.5, 0.6) is 0 Å². The number of carboxylic acids is 1. The predicted molar refractivity (Wildman–Crippen MR) is 159 cm³/mol. The van der Waals surface area contributed by atoms with E-state index >= 15 is 0 Å². The van der Waals surface area contributed by atoms with Crippen LogP contribution in [0.1, 0.15) is 43.1 Å². The van der Waals surface area contributed by atoms with Crippen LogP contribution in [0.25, 0.3) is 32.0 Å². The summed E-state index contributed by atoms with van der Waals surface area (Å²) in [7, 11) is 0. The lowest BCUT2D eigenvalue weighted by Crippen LogP contribution is -2.23. The van der Waals surface area contributed by atoms with Crippen molar-refractivity contribution in [2.24, 2.45) is 0 Å². The average Bonchev–Trinajstić information content (AvgIpc) is 3.62. The molecule has 6 rings (SSSR count). The molecular weight excluding hydrogens is 524 g/mol. The van der Waals surface area contributed by atoms with Crippen LogP contribution >= 0.6 is 22.9 Å². The Balaban J connectivity index is 1.36. The number of aromatic nitrogens is 1. The van der Waals surface area contributed by atoms with Gasteiger partial charge in [0.2, 0.25) is 0 Å². The van der Waals surface area contributed by atoms with Gasteiger partial charge < -0.3 is 10.4 Å². The molecule has 0 bridgehead atoms. The van der Waals surface area contributed by atoms with Gasteiger partial charge in [-0.05, 0) is 98.1 Å². The Bertz CT molecular complexity index is 1860. The predicted octanol–water partition coefficient (Wildman–Crippen LogP) is 7.71. The average molecular weight is 549 g/mol. The molecule has 0 fully saturated rings. The quantitative estimate of drug-likeness (QED) is 0.214. The summed E-state index contributed by atoms with van der Waals surface area (Å²) in [6, 6.07) is 25.8. The van der Waals surface area contributed by atoms with Crippen molar-refractivity contribution in [3.63, 3.8) is 0 Å². The molecule has 7 heteroatoms. The van der Waals surface area contributed by atoms with Crippen molar-refractivity contribution in [1.82, 2.24) is 9.69 Å². The van der Waals surface area contributed by atoms with Gasteiger partial charge in [0.1, 0.15) is 0 Å². The van der Waals surface area contributed by atoms with Crippen molar-refractivity contribution in [3.8, 4) is 11.1 Å². The second kappa shape index (κ2) is 10.4. The number of rotatable bonds is 7. The van der Waals surface area contributed by atoms with Gasteiger partial charge in [0.25, 0.3) is 5.91 Å². The molecular formula is C32H24N2O3S2. The zero-order valence-corrected chi connectivity index (χ0v) is 22.7. The Morgan fingerprint density at radius 3 is 2.54 bits per heavy atom. The molecule has 0 radical (unpaired) electrons. The normalized spacial score (nSPS) is 11.2. The highest BCUT2D eigenvalue weighted by Crippen LogP contribution is 2.34. The van der Waals surface area contributed by atoms with E-state index in [1.54, 1.807) is 29.5 Å². The molecule has 2 N–H and O–H groups in total. The SMILES string of the molecule is Cc1cc(C(=O)O)ccc1CNC(=O)c1cc(-c2ccsc2)cc2snc(Cc3ccc4ccccc4c3)c12. The zero-order valence-electron chi connectivity index (χ0n) is 21.1. The summed E-state index contributed by atoms with van der Waals surface area (Å²) in [5.41, 5.74) is 6.60. The van der Waals surface area contributed by atoms with Crippen LogP contribution < -0.4 is 5.32 Å². The van der Waals surface area contributed by atoms with Crippen molar-refractivity contribution < 1.29 is 14.7 Å². The molecule has 0 saturated carbocycles. The number of aromatic carboxylic acids is 1. The molecule has 0 atom stereocenters. The van der Waals surface area contributed by atoms with E-state index in [1.807, 2.05) is 30.5 Å². The Morgan fingerprint density at radius 1 is 0.923 bits per heavy atom. The summed E-state index contributed by atoms with van der Waals surface area (Å²) in [6.45, 7) is 2.15. The fourth-order valence-electron chi connectivity index (χ4n) is 4.87. The van der Waals surface area contributed by atoms with Crippen LogP contribution in [0, 0.1) is 6.92 Å². The first-order valence-electron chi connectivity index (χ1n) is 12.5. The maximum atomic E-state index is 13.7. The van der Waals surface area contributed by atoms with Crippen molar-refractivity contribution in [2.45, 2.75) is 19.9 Å². The lowest BCUT2D eigenvalue weighted by Gasteiger charge is -2.12. The molecule has 0 aliphatic heterocycles. The van der Waals surface area contributed by atoms with Gasteiger partial charge in [-0.3, -0.25) is 4.79 Å². The number of nitrogens with one attached hydrogen (secondary N) is 1. The van der Waals surface area contributed by atoms with Gasteiger partial charge in [0.05, 0.1) is 21.5 Å². The van der Waals surface area contributed by atoms with Crippen molar-refractivity contribution in [2.75, 3.05) is 0 Å². The second-order valence-electron chi connectivity index (χ2n) is 9.53. The third kappa shape index (κ3) is 5.06. The Kier molecular flexibility index (Phi) is 6.69. The summed E-state index contributed by atoms with van der Waals surface area (Å²) >= 11 is 3.04. The number of hydrogen-bond donors (Lipinski definition) is 2. The van der Waals surface area contributed by atoms with Gasteiger partial charge in [-0.25, -0.2) is 4.79 Å². The van der Waals surface area contributed by atoms with Crippen LogP contribution in [-0.2, 0) is 13.0 Å². The summed E-state index contributed by atoms with van der Waals surface area (Å²) in [6.07, 6.45) is 0.624. The maximum absolute atomic E-state index is 13.7. The molecule has 0 unspecified atom stereocenters. The number of carboxylic acid groups (broad SMARTS) is 1. The van der Waals surface area contributed by atoms with Gasteiger partial charge in [0.15, 0.2) is 0 Å². The molecule has 4 aromatic carbocycles. The van der Waals surface area contributed by atoms with E-state index in [9.17, 15) is 14.7 Å². The topological polar surface area (TPSA) is 79.3 Å². The molecule has 192 valence electrons. The molecule has 5 nitrogen and oxygen atoms in total. The van der Waals surface area contributed by atoms with Gasteiger partial charge >= 0.3 is 5.97 Å². The first-order valence-corrected chi connectivity index (χ1v) is 14.2. The monoisotopic (exact) mass is 548 g/mol. The molecule has 39 heavy (non-hydrogen) atoms.